The number of ether oxygens (including phenoxy) is 2. The Morgan fingerprint density at radius 3 is 2.61 bits per heavy atom. The van der Waals surface area contributed by atoms with Gasteiger partial charge in [-0.1, -0.05) is 25.0 Å². The summed E-state index contributed by atoms with van der Waals surface area (Å²) in [7, 11) is 1.67. The average molecular weight is 505 g/mol. The maximum Gasteiger partial charge on any atom is 0.191 e. The first-order chi connectivity index (χ1) is 13.2. The van der Waals surface area contributed by atoms with Crippen LogP contribution in [0.2, 0.25) is 0 Å². The average Bonchev–Trinajstić information content (AvgIpc) is 2.70. The number of guanidine groups is 1. The fraction of sp³-hybridized carbons (Fsp3) is 0.667. The lowest BCUT2D eigenvalue weighted by molar-refractivity contribution is 0.0719. The van der Waals surface area contributed by atoms with Crippen LogP contribution in [0.5, 0.6) is 5.75 Å². The van der Waals surface area contributed by atoms with Crippen molar-refractivity contribution in [2.24, 2.45) is 10.9 Å². The minimum atomic E-state index is -0.202. The molecule has 0 saturated heterocycles. The van der Waals surface area contributed by atoms with Gasteiger partial charge in [0.25, 0.3) is 0 Å². The lowest BCUT2D eigenvalue weighted by atomic mass is 9.86. The van der Waals surface area contributed by atoms with E-state index in [9.17, 15) is 5.11 Å². The SMILES string of the molecule is CCOCCCNC(=NCc1ccc(OC)cc1)NCC1CCCCC1O.I. The van der Waals surface area contributed by atoms with Crippen LogP contribution in [-0.2, 0) is 11.3 Å². The molecule has 1 aromatic carbocycles. The molecule has 0 heterocycles. The van der Waals surface area contributed by atoms with Gasteiger partial charge in [-0.3, -0.25) is 0 Å². The summed E-state index contributed by atoms with van der Waals surface area (Å²) in [4.78, 5) is 4.71. The Hall–Kier alpha value is -1.06. The van der Waals surface area contributed by atoms with E-state index in [-0.39, 0.29) is 30.1 Å². The molecule has 0 aliphatic heterocycles. The van der Waals surface area contributed by atoms with Crippen LogP contribution >= 0.6 is 24.0 Å². The van der Waals surface area contributed by atoms with Gasteiger partial charge in [-0.15, -0.1) is 24.0 Å². The summed E-state index contributed by atoms with van der Waals surface area (Å²) < 4.78 is 10.6. The quantitative estimate of drug-likeness (QED) is 0.197. The second-order valence-electron chi connectivity index (χ2n) is 6.98. The van der Waals surface area contributed by atoms with Gasteiger partial charge in [0, 0.05) is 32.2 Å². The first-order valence-electron chi connectivity index (χ1n) is 10.1. The molecule has 1 aromatic rings. The molecule has 1 aliphatic rings. The van der Waals surface area contributed by atoms with E-state index in [1.807, 2.05) is 31.2 Å². The largest absolute Gasteiger partial charge is 0.497 e. The van der Waals surface area contributed by atoms with Crippen LogP contribution < -0.4 is 15.4 Å². The maximum atomic E-state index is 10.2. The van der Waals surface area contributed by atoms with E-state index in [2.05, 4.69) is 10.6 Å². The van der Waals surface area contributed by atoms with E-state index in [1.165, 1.54) is 6.42 Å². The van der Waals surface area contributed by atoms with Crippen LogP contribution in [0.3, 0.4) is 0 Å². The highest BCUT2D eigenvalue weighted by atomic mass is 127. The Morgan fingerprint density at radius 2 is 1.93 bits per heavy atom. The molecule has 160 valence electrons. The Kier molecular flexibility index (Phi) is 13.3. The fourth-order valence-electron chi connectivity index (χ4n) is 3.25. The minimum Gasteiger partial charge on any atom is -0.497 e. The first kappa shape index (κ1) is 25.0. The van der Waals surface area contributed by atoms with E-state index in [0.29, 0.717) is 12.5 Å². The van der Waals surface area contributed by atoms with Gasteiger partial charge >= 0.3 is 0 Å². The molecule has 0 bridgehead atoms. The van der Waals surface area contributed by atoms with Crippen molar-refractivity contribution in [1.29, 1.82) is 0 Å². The lowest BCUT2D eigenvalue weighted by Crippen LogP contribution is -2.43. The third kappa shape index (κ3) is 9.43. The summed E-state index contributed by atoms with van der Waals surface area (Å²) in [5, 5.41) is 17.0. The van der Waals surface area contributed by atoms with Crippen molar-refractivity contribution in [3.05, 3.63) is 29.8 Å². The molecule has 0 radical (unpaired) electrons. The number of rotatable bonds is 10. The van der Waals surface area contributed by atoms with Gasteiger partial charge in [-0.25, -0.2) is 4.99 Å². The third-order valence-corrected chi connectivity index (χ3v) is 4.94. The molecule has 2 unspecified atom stereocenters. The summed E-state index contributed by atoms with van der Waals surface area (Å²) in [5.74, 6) is 1.94. The monoisotopic (exact) mass is 505 g/mol. The summed E-state index contributed by atoms with van der Waals surface area (Å²) >= 11 is 0. The van der Waals surface area contributed by atoms with Crippen LogP contribution in [0.4, 0.5) is 0 Å². The standard InChI is InChI=1S/C21H35N3O3.HI/c1-3-27-14-6-13-22-21(24-16-18-7-4-5-8-20(18)25)23-15-17-9-11-19(26-2)12-10-17;/h9-12,18,20,25H,3-8,13-16H2,1-2H3,(H2,22,23,24);1H. The van der Waals surface area contributed by atoms with Crippen molar-refractivity contribution in [3.8, 4) is 5.75 Å². The van der Waals surface area contributed by atoms with Crippen LogP contribution in [-0.4, -0.2) is 50.6 Å². The van der Waals surface area contributed by atoms with E-state index in [4.69, 9.17) is 14.5 Å². The maximum absolute atomic E-state index is 10.2. The Balaban J connectivity index is 0.00000392. The predicted molar refractivity (Wildman–Crippen MR) is 125 cm³/mol. The smallest absolute Gasteiger partial charge is 0.191 e. The van der Waals surface area contributed by atoms with Gasteiger partial charge in [-0.2, -0.15) is 0 Å². The van der Waals surface area contributed by atoms with Crippen molar-refractivity contribution in [1.82, 2.24) is 10.6 Å². The Bertz CT molecular complexity index is 554. The number of benzene rings is 1. The summed E-state index contributed by atoms with van der Waals surface area (Å²) in [6.45, 7) is 5.65. The second kappa shape index (κ2) is 14.9. The number of aliphatic imine (C=N–C) groups is 1. The van der Waals surface area contributed by atoms with Gasteiger partial charge in [0.2, 0.25) is 0 Å². The molecule has 1 fully saturated rings. The van der Waals surface area contributed by atoms with Crippen LogP contribution in [0.25, 0.3) is 0 Å². The molecule has 0 spiro atoms. The Labute approximate surface area is 186 Å². The summed E-state index contributed by atoms with van der Waals surface area (Å²) in [5.41, 5.74) is 1.13. The fourth-order valence-corrected chi connectivity index (χ4v) is 3.25. The molecule has 1 saturated carbocycles. The molecule has 1 aliphatic carbocycles. The zero-order chi connectivity index (χ0) is 19.3. The van der Waals surface area contributed by atoms with Gasteiger partial charge in [0.1, 0.15) is 5.75 Å². The molecule has 3 N–H and O–H groups in total. The highest BCUT2D eigenvalue weighted by Crippen LogP contribution is 2.23. The second-order valence-corrected chi connectivity index (χ2v) is 6.98. The van der Waals surface area contributed by atoms with E-state index in [0.717, 1.165) is 69.3 Å². The van der Waals surface area contributed by atoms with E-state index >= 15 is 0 Å². The zero-order valence-corrected chi connectivity index (χ0v) is 19.5. The zero-order valence-electron chi connectivity index (χ0n) is 17.2. The Morgan fingerprint density at radius 1 is 1.18 bits per heavy atom. The number of halogens is 1. The van der Waals surface area contributed by atoms with Crippen molar-refractivity contribution < 1.29 is 14.6 Å². The molecule has 7 heteroatoms. The van der Waals surface area contributed by atoms with Crippen LogP contribution in [0.15, 0.2) is 29.3 Å². The highest BCUT2D eigenvalue weighted by molar-refractivity contribution is 14.0. The van der Waals surface area contributed by atoms with Crippen LogP contribution in [0.1, 0.15) is 44.6 Å². The molecular formula is C21H36IN3O3. The first-order valence-corrected chi connectivity index (χ1v) is 10.1. The minimum absolute atomic E-state index is 0. The van der Waals surface area contributed by atoms with Gasteiger partial charge in [0.15, 0.2) is 5.96 Å². The number of hydrogen-bond acceptors (Lipinski definition) is 4. The number of aliphatic hydroxyl groups is 1. The van der Waals surface area contributed by atoms with Gasteiger partial charge in [0.05, 0.1) is 19.8 Å². The number of methoxy groups -OCH3 is 1. The van der Waals surface area contributed by atoms with Gasteiger partial charge in [-0.05, 0) is 43.9 Å². The molecule has 2 rings (SSSR count). The number of nitrogens with one attached hydrogen (secondary N) is 2. The van der Waals surface area contributed by atoms with Crippen molar-refractivity contribution in [2.75, 3.05) is 33.4 Å². The molecule has 0 aromatic heterocycles. The number of hydrogen-bond donors (Lipinski definition) is 3. The van der Waals surface area contributed by atoms with E-state index < -0.39 is 0 Å². The topological polar surface area (TPSA) is 75.1 Å². The highest BCUT2D eigenvalue weighted by Gasteiger charge is 2.22. The molecule has 28 heavy (non-hydrogen) atoms. The number of nitrogens with zero attached hydrogens (tertiary/aromatic N) is 1. The van der Waals surface area contributed by atoms with Crippen LogP contribution in [0, 0.1) is 5.92 Å². The normalized spacial score (nSPS) is 19.6. The molecule has 0 amide bonds. The van der Waals surface area contributed by atoms with Gasteiger partial charge < -0.3 is 25.2 Å². The van der Waals surface area contributed by atoms with Crippen molar-refractivity contribution >= 4 is 29.9 Å². The van der Waals surface area contributed by atoms with Crippen molar-refractivity contribution in [2.45, 2.75) is 51.7 Å². The summed E-state index contributed by atoms with van der Waals surface area (Å²) in [6, 6.07) is 7.96. The molecule has 6 nitrogen and oxygen atoms in total. The number of aliphatic hydroxyl groups excluding tert-OH is 1. The predicted octanol–water partition coefficient (Wildman–Crippen LogP) is 3.33. The van der Waals surface area contributed by atoms with Crippen molar-refractivity contribution in [3.63, 3.8) is 0 Å². The third-order valence-electron chi connectivity index (χ3n) is 4.94. The summed E-state index contributed by atoms with van der Waals surface area (Å²) in [6.07, 6.45) is 5.04. The lowest BCUT2D eigenvalue weighted by Gasteiger charge is -2.28. The molecular weight excluding hydrogens is 469 g/mol. The molecule has 2 atom stereocenters. The van der Waals surface area contributed by atoms with E-state index in [1.54, 1.807) is 7.11 Å².